The van der Waals surface area contributed by atoms with Gasteiger partial charge in [-0.05, 0) is 41.1 Å². The smallest absolute Gasteiger partial charge is 0.436 e. The molecule has 0 fully saturated rings. The SMILES string of the molecule is Cc1c(Br)c(C(F)(F)F)nn1CCC(=O)Nc1cc(Cl)ccc1O. The van der Waals surface area contributed by atoms with Gasteiger partial charge < -0.3 is 10.4 Å². The molecule has 1 aromatic heterocycles. The highest BCUT2D eigenvalue weighted by Gasteiger charge is 2.37. The average molecular weight is 427 g/mol. The highest BCUT2D eigenvalue weighted by atomic mass is 79.9. The largest absolute Gasteiger partial charge is 0.506 e. The third kappa shape index (κ3) is 4.21. The lowest BCUT2D eigenvalue weighted by Crippen LogP contribution is -2.16. The summed E-state index contributed by atoms with van der Waals surface area (Å²) in [6.45, 7) is 1.42. The number of carbonyl (C=O) groups excluding carboxylic acids is 1. The summed E-state index contributed by atoms with van der Waals surface area (Å²) >= 11 is 8.63. The van der Waals surface area contributed by atoms with Crippen molar-refractivity contribution in [2.75, 3.05) is 5.32 Å². The lowest BCUT2D eigenvalue weighted by atomic mass is 10.2. The van der Waals surface area contributed by atoms with Crippen molar-refractivity contribution >= 4 is 39.1 Å². The summed E-state index contributed by atoms with van der Waals surface area (Å²) in [5, 5.41) is 15.9. The molecular weight excluding hydrogens is 415 g/mol. The Morgan fingerprint density at radius 2 is 2.12 bits per heavy atom. The molecule has 2 aromatic rings. The second kappa shape index (κ2) is 7.02. The van der Waals surface area contributed by atoms with E-state index < -0.39 is 17.8 Å². The zero-order chi connectivity index (χ0) is 18.1. The van der Waals surface area contributed by atoms with Crippen LogP contribution in [0.4, 0.5) is 18.9 Å². The monoisotopic (exact) mass is 425 g/mol. The van der Waals surface area contributed by atoms with E-state index in [0.29, 0.717) is 5.02 Å². The third-order valence-corrected chi connectivity index (χ3v) is 4.37. The van der Waals surface area contributed by atoms with Crippen LogP contribution >= 0.6 is 27.5 Å². The number of nitrogens with zero attached hydrogens (tertiary/aromatic N) is 2. The van der Waals surface area contributed by atoms with E-state index in [-0.39, 0.29) is 34.6 Å². The molecule has 5 nitrogen and oxygen atoms in total. The highest BCUT2D eigenvalue weighted by Crippen LogP contribution is 2.35. The molecule has 24 heavy (non-hydrogen) atoms. The van der Waals surface area contributed by atoms with Crippen LogP contribution in [-0.2, 0) is 17.5 Å². The number of alkyl halides is 3. The first-order valence-corrected chi connectivity index (χ1v) is 7.85. The topological polar surface area (TPSA) is 67.2 Å². The van der Waals surface area contributed by atoms with E-state index >= 15 is 0 Å². The molecule has 0 aliphatic heterocycles. The Morgan fingerprint density at radius 3 is 2.71 bits per heavy atom. The van der Waals surface area contributed by atoms with E-state index in [1.807, 2.05) is 0 Å². The van der Waals surface area contributed by atoms with Crippen molar-refractivity contribution in [2.45, 2.75) is 26.1 Å². The lowest BCUT2D eigenvalue weighted by Gasteiger charge is -2.08. The fourth-order valence-corrected chi connectivity index (χ4v) is 2.63. The van der Waals surface area contributed by atoms with Crippen LogP contribution in [-0.4, -0.2) is 20.8 Å². The van der Waals surface area contributed by atoms with Crippen molar-refractivity contribution in [3.63, 3.8) is 0 Å². The number of phenols is 1. The van der Waals surface area contributed by atoms with E-state index in [1.54, 1.807) is 0 Å². The number of hydrogen-bond acceptors (Lipinski definition) is 3. The quantitative estimate of drug-likeness (QED) is 0.714. The minimum atomic E-state index is -4.58. The molecule has 0 radical (unpaired) electrons. The number of aromatic nitrogens is 2. The number of aryl methyl sites for hydroxylation is 1. The summed E-state index contributed by atoms with van der Waals surface area (Å²) < 4.78 is 39.3. The Kier molecular flexibility index (Phi) is 5.44. The van der Waals surface area contributed by atoms with E-state index in [4.69, 9.17) is 11.6 Å². The van der Waals surface area contributed by atoms with Gasteiger partial charge in [-0.3, -0.25) is 9.48 Å². The van der Waals surface area contributed by atoms with Crippen LogP contribution in [0.15, 0.2) is 22.7 Å². The van der Waals surface area contributed by atoms with Crippen molar-refractivity contribution in [3.8, 4) is 5.75 Å². The first-order valence-electron chi connectivity index (χ1n) is 6.68. The molecule has 0 saturated heterocycles. The normalized spacial score (nSPS) is 11.6. The molecule has 0 bridgehead atoms. The average Bonchev–Trinajstić information content (AvgIpc) is 2.77. The fourth-order valence-electron chi connectivity index (χ4n) is 1.95. The lowest BCUT2D eigenvalue weighted by molar-refractivity contribution is -0.142. The zero-order valence-corrected chi connectivity index (χ0v) is 14.6. The molecule has 1 aromatic carbocycles. The predicted molar refractivity (Wildman–Crippen MR) is 86.0 cm³/mol. The summed E-state index contributed by atoms with van der Waals surface area (Å²) in [6, 6.07) is 4.14. The second-order valence-electron chi connectivity index (χ2n) is 4.93. The van der Waals surface area contributed by atoms with Crippen LogP contribution < -0.4 is 5.32 Å². The number of amides is 1. The maximum Gasteiger partial charge on any atom is 0.436 e. The van der Waals surface area contributed by atoms with Crippen LogP contribution in [0.1, 0.15) is 17.8 Å². The Labute approximate surface area is 148 Å². The first kappa shape index (κ1) is 18.6. The number of phenolic OH excluding ortho intramolecular Hbond substituents is 1. The second-order valence-corrected chi connectivity index (χ2v) is 6.16. The van der Waals surface area contributed by atoms with Crippen LogP contribution in [0.25, 0.3) is 0 Å². The van der Waals surface area contributed by atoms with Crippen molar-refractivity contribution in [3.05, 3.63) is 39.1 Å². The van der Waals surface area contributed by atoms with Crippen molar-refractivity contribution in [2.24, 2.45) is 0 Å². The van der Waals surface area contributed by atoms with Gasteiger partial charge >= 0.3 is 6.18 Å². The number of benzene rings is 1. The van der Waals surface area contributed by atoms with Crippen LogP contribution in [0.3, 0.4) is 0 Å². The molecule has 130 valence electrons. The van der Waals surface area contributed by atoms with Crippen molar-refractivity contribution in [1.29, 1.82) is 0 Å². The number of anilines is 1. The summed E-state index contributed by atoms with van der Waals surface area (Å²) in [5.74, 6) is -0.655. The van der Waals surface area contributed by atoms with Gasteiger partial charge in [-0.15, -0.1) is 0 Å². The molecule has 2 rings (SSSR count). The summed E-state index contributed by atoms with van der Waals surface area (Å²) in [5.41, 5.74) is -0.643. The van der Waals surface area contributed by atoms with Crippen molar-refractivity contribution < 1.29 is 23.1 Å². The molecule has 0 spiro atoms. The van der Waals surface area contributed by atoms with Crippen LogP contribution in [0.2, 0.25) is 5.02 Å². The highest BCUT2D eigenvalue weighted by molar-refractivity contribution is 9.10. The van der Waals surface area contributed by atoms with E-state index in [9.17, 15) is 23.1 Å². The van der Waals surface area contributed by atoms with Gasteiger partial charge in [0.1, 0.15) is 5.75 Å². The third-order valence-electron chi connectivity index (χ3n) is 3.19. The molecule has 0 aliphatic rings. The predicted octanol–water partition coefficient (Wildman–Crippen LogP) is 4.36. The van der Waals surface area contributed by atoms with Gasteiger partial charge in [0.2, 0.25) is 5.91 Å². The summed E-state index contributed by atoms with van der Waals surface area (Å²) in [7, 11) is 0. The summed E-state index contributed by atoms with van der Waals surface area (Å²) in [4.78, 5) is 11.9. The molecule has 1 amide bonds. The van der Waals surface area contributed by atoms with Gasteiger partial charge in [-0.25, -0.2) is 0 Å². The van der Waals surface area contributed by atoms with Crippen molar-refractivity contribution in [1.82, 2.24) is 9.78 Å². The maximum atomic E-state index is 12.8. The van der Waals surface area contributed by atoms with Crippen LogP contribution in [0, 0.1) is 6.92 Å². The maximum absolute atomic E-state index is 12.8. The van der Waals surface area contributed by atoms with Gasteiger partial charge in [-0.2, -0.15) is 18.3 Å². The number of halogens is 5. The van der Waals surface area contributed by atoms with Gasteiger partial charge in [0, 0.05) is 11.4 Å². The zero-order valence-electron chi connectivity index (χ0n) is 12.3. The van der Waals surface area contributed by atoms with Gasteiger partial charge in [0.25, 0.3) is 0 Å². The Morgan fingerprint density at radius 1 is 1.46 bits per heavy atom. The van der Waals surface area contributed by atoms with Crippen LogP contribution in [0.5, 0.6) is 5.75 Å². The number of rotatable bonds is 4. The van der Waals surface area contributed by atoms with Gasteiger partial charge in [-0.1, -0.05) is 11.6 Å². The fraction of sp³-hybridized carbons (Fsp3) is 0.286. The van der Waals surface area contributed by atoms with E-state index in [0.717, 1.165) is 4.68 Å². The molecule has 0 aliphatic carbocycles. The number of carbonyl (C=O) groups is 1. The standard InChI is InChI=1S/C14H12BrClF3N3O2/c1-7-12(15)13(14(17,18)19)21-22(7)5-4-11(24)20-9-6-8(16)2-3-10(9)23/h2-3,6,23H,4-5H2,1H3,(H,20,24). The first-order chi connectivity index (χ1) is 11.1. The Bertz CT molecular complexity index is 777. The molecule has 10 heteroatoms. The van der Waals surface area contributed by atoms with Gasteiger partial charge in [0.05, 0.1) is 22.4 Å². The molecule has 2 N–H and O–H groups in total. The summed E-state index contributed by atoms with van der Waals surface area (Å²) in [6.07, 6.45) is -4.71. The van der Waals surface area contributed by atoms with Gasteiger partial charge in [0.15, 0.2) is 5.69 Å². The molecule has 0 atom stereocenters. The number of nitrogens with one attached hydrogen (secondary N) is 1. The minimum absolute atomic E-state index is 0.0479. The molecule has 1 heterocycles. The molecular formula is C14H12BrClF3N3O2. The van der Waals surface area contributed by atoms with E-state index in [2.05, 4.69) is 26.3 Å². The molecule has 0 unspecified atom stereocenters. The Balaban J connectivity index is 2.06. The minimum Gasteiger partial charge on any atom is -0.506 e. The molecule has 0 saturated carbocycles. The van der Waals surface area contributed by atoms with E-state index in [1.165, 1.54) is 25.1 Å². The Hall–Kier alpha value is -1.74. The number of hydrogen-bond donors (Lipinski definition) is 2. The number of aromatic hydroxyl groups is 1.